The second-order valence-electron chi connectivity index (χ2n) is 4.35. The number of carbonyl (C=O) groups excluding carboxylic acids is 2. The highest BCUT2D eigenvalue weighted by molar-refractivity contribution is 9.10. The third-order valence-electron chi connectivity index (χ3n) is 3.15. The quantitative estimate of drug-likeness (QED) is 0.879. The molecule has 0 unspecified atom stereocenters. The van der Waals surface area contributed by atoms with Crippen molar-refractivity contribution in [1.82, 2.24) is 15.1 Å². The van der Waals surface area contributed by atoms with Crippen molar-refractivity contribution in [1.29, 1.82) is 0 Å². The van der Waals surface area contributed by atoms with Crippen LogP contribution >= 0.6 is 15.9 Å². The fourth-order valence-corrected chi connectivity index (χ4v) is 2.42. The molecule has 19 heavy (non-hydrogen) atoms. The zero-order valence-corrected chi connectivity index (χ0v) is 12.3. The maximum absolute atomic E-state index is 12.2. The molecule has 0 bridgehead atoms. The number of nitrogens with zero attached hydrogens (tertiary/aromatic N) is 2. The first-order chi connectivity index (χ1) is 9.11. The van der Waals surface area contributed by atoms with Gasteiger partial charge in [0.15, 0.2) is 4.67 Å². The minimum absolute atomic E-state index is 0.00245. The van der Waals surface area contributed by atoms with Crippen LogP contribution in [0.15, 0.2) is 21.4 Å². The summed E-state index contributed by atoms with van der Waals surface area (Å²) in [6, 6.07) is 1.66. The van der Waals surface area contributed by atoms with E-state index in [1.807, 2.05) is 4.90 Å². The Morgan fingerprint density at radius 2 is 2.05 bits per heavy atom. The van der Waals surface area contributed by atoms with Crippen molar-refractivity contribution in [2.75, 3.05) is 39.8 Å². The van der Waals surface area contributed by atoms with Crippen molar-refractivity contribution in [2.45, 2.75) is 0 Å². The number of halogens is 1. The first kappa shape index (κ1) is 14.1. The minimum atomic E-state index is -0.0415. The lowest BCUT2D eigenvalue weighted by atomic mass is 10.2. The van der Waals surface area contributed by atoms with Crippen molar-refractivity contribution < 1.29 is 14.0 Å². The van der Waals surface area contributed by atoms with Crippen LogP contribution in [0.5, 0.6) is 0 Å². The Morgan fingerprint density at radius 3 is 2.58 bits per heavy atom. The fraction of sp³-hybridized carbons (Fsp3) is 0.500. The summed E-state index contributed by atoms with van der Waals surface area (Å²) in [6.45, 7) is 3.03. The molecule has 0 atom stereocenters. The van der Waals surface area contributed by atoms with Gasteiger partial charge in [0, 0.05) is 33.2 Å². The summed E-state index contributed by atoms with van der Waals surface area (Å²) in [5, 5.41) is 2.60. The summed E-state index contributed by atoms with van der Waals surface area (Å²) >= 11 is 3.21. The second-order valence-corrected chi connectivity index (χ2v) is 5.07. The second kappa shape index (κ2) is 6.21. The predicted molar refractivity (Wildman–Crippen MR) is 72.8 cm³/mol. The van der Waals surface area contributed by atoms with Crippen molar-refractivity contribution in [2.24, 2.45) is 0 Å². The lowest BCUT2D eigenvalue weighted by Gasteiger charge is -2.34. The molecule has 1 aromatic rings. The third-order valence-corrected chi connectivity index (χ3v) is 3.77. The van der Waals surface area contributed by atoms with Gasteiger partial charge in [-0.2, -0.15) is 0 Å². The molecule has 2 heterocycles. The SMILES string of the molecule is CNC(=O)CN1CCN(C(=O)c2ccoc2Br)CC1. The van der Waals surface area contributed by atoms with E-state index >= 15 is 0 Å². The Labute approximate surface area is 119 Å². The number of likely N-dealkylation sites (N-methyl/N-ethyl adjacent to an activating group) is 1. The molecule has 2 rings (SSSR count). The number of hydrogen-bond acceptors (Lipinski definition) is 4. The number of amides is 2. The molecule has 2 amide bonds. The van der Waals surface area contributed by atoms with Gasteiger partial charge in [-0.15, -0.1) is 0 Å². The first-order valence-electron chi connectivity index (χ1n) is 6.07. The summed E-state index contributed by atoms with van der Waals surface area (Å²) < 4.78 is 5.53. The van der Waals surface area contributed by atoms with Gasteiger partial charge in [0.2, 0.25) is 5.91 Å². The number of rotatable bonds is 3. The lowest BCUT2D eigenvalue weighted by molar-refractivity contribution is -0.122. The molecule has 1 saturated heterocycles. The van der Waals surface area contributed by atoms with E-state index in [2.05, 4.69) is 21.2 Å². The first-order valence-corrected chi connectivity index (χ1v) is 6.86. The molecule has 1 aliphatic heterocycles. The predicted octanol–water partition coefficient (Wildman–Crippen LogP) is 0.546. The molecule has 1 fully saturated rings. The number of nitrogens with one attached hydrogen (secondary N) is 1. The molecule has 1 aromatic heterocycles. The Bertz CT molecular complexity index is 467. The zero-order chi connectivity index (χ0) is 13.8. The van der Waals surface area contributed by atoms with Gasteiger partial charge in [0.1, 0.15) is 0 Å². The van der Waals surface area contributed by atoms with Crippen molar-refractivity contribution in [3.05, 3.63) is 22.6 Å². The summed E-state index contributed by atoms with van der Waals surface area (Å²) in [6.07, 6.45) is 1.49. The molecule has 0 aliphatic carbocycles. The van der Waals surface area contributed by atoms with Crippen molar-refractivity contribution in [3.8, 4) is 0 Å². The van der Waals surface area contributed by atoms with Crippen LogP contribution in [0, 0.1) is 0 Å². The molecular formula is C12H16BrN3O3. The monoisotopic (exact) mass is 329 g/mol. The van der Waals surface area contributed by atoms with E-state index in [1.54, 1.807) is 18.0 Å². The van der Waals surface area contributed by atoms with E-state index in [4.69, 9.17) is 4.42 Å². The summed E-state index contributed by atoms with van der Waals surface area (Å²) in [5.74, 6) is -0.0439. The minimum Gasteiger partial charge on any atom is -0.457 e. The van der Waals surface area contributed by atoms with Gasteiger partial charge < -0.3 is 14.6 Å². The summed E-state index contributed by atoms with van der Waals surface area (Å²) in [5.41, 5.74) is 0.541. The van der Waals surface area contributed by atoms with E-state index < -0.39 is 0 Å². The highest BCUT2D eigenvalue weighted by Gasteiger charge is 2.25. The lowest BCUT2D eigenvalue weighted by Crippen LogP contribution is -2.50. The van der Waals surface area contributed by atoms with Gasteiger partial charge >= 0.3 is 0 Å². The standard InChI is InChI=1S/C12H16BrN3O3/c1-14-10(17)8-15-3-5-16(6-4-15)12(18)9-2-7-19-11(9)13/h2,7H,3-6,8H2,1H3,(H,14,17). The summed E-state index contributed by atoms with van der Waals surface area (Å²) in [7, 11) is 1.62. The molecule has 1 aliphatic rings. The molecule has 0 aromatic carbocycles. The Hall–Kier alpha value is -1.34. The van der Waals surface area contributed by atoms with Crippen LogP contribution in [0.3, 0.4) is 0 Å². The largest absolute Gasteiger partial charge is 0.457 e. The normalized spacial score (nSPS) is 16.4. The Morgan fingerprint density at radius 1 is 1.37 bits per heavy atom. The Kier molecular flexibility index (Phi) is 4.60. The van der Waals surface area contributed by atoms with Gasteiger partial charge in [-0.05, 0) is 22.0 Å². The van der Waals surface area contributed by atoms with Gasteiger partial charge in [-0.1, -0.05) is 0 Å². The fourth-order valence-electron chi connectivity index (χ4n) is 2.01. The molecule has 0 spiro atoms. The highest BCUT2D eigenvalue weighted by Crippen LogP contribution is 2.20. The van der Waals surface area contributed by atoms with Crippen LogP contribution in [-0.2, 0) is 4.79 Å². The zero-order valence-electron chi connectivity index (χ0n) is 10.7. The number of carbonyl (C=O) groups is 2. The van der Waals surface area contributed by atoms with Crippen LogP contribution in [-0.4, -0.2) is 61.4 Å². The van der Waals surface area contributed by atoms with E-state index in [0.29, 0.717) is 43.0 Å². The molecule has 0 radical (unpaired) electrons. The van der Waals surface area contributed by atoms with E-state index in [1.165, 1.54) is 6.26 Å². The molecular weight excluding hydrogens is 314 g/mol. The number of piperazine rings is 1. The smallest absolute Gasteiger partial charge is 0.258 e. The van der Waals surface area contributed by atoms with Crippen molar-refractivity contribution >= 4 is 27.7 Å². The topological polar surface area (TPSA) is 65.8 Å². The average molecular weight is 330 g/mol. The van der Waals surface area contributed by atoms with Crippen LogP contribution < -0.4 is 5.32 Å². The maximum Gasteiger partial charge on any atom is 0.258 e. The van der Waals surface area contributed by atoms with Crippen LogP contribution in [0.25, 0.3) is 0 Å². The number of furan rings is 1. The maximum atomic E-state index is 12.2. The van der Waals surface area contributed by atoms with Crippen molar-refractivity contribution in [3.63, 3.8) is 0 Å². The van der Waals surface area contributed by atoms with E-state index in [0.717, 1.165) is 0 Å². The molecule has 0 saturated carbocycles. The van der Waals surface area contributed by atoms with E-state index in [-0.39, 0.29) is 11.8 Å². The number of hydrogen-bond donors (Lipinski definition) is 1. The van der Waals surface area contributed by atoms with E-state index in [9.17, 15) is 9.59 Å². The van der Waals surface area contributed by atoms with Gasteiger partial charge in [-0.25, -0.2) is 0 Å². The molecule has 7 heteroatoms. The molecule has 1 N–H and O–H groups in total. The van der Waals surface area contributed by atoms with Gasteiger partial charge in [0.25, 0.3) is 5.91 Å². The average Bonchev–Trinajstić information content (AvgIpc) is 2.85. The van der Waals surface area contributed by atoms with Crippen LogP contribution in [0.1, 0.15) is 10.4 Å². The van der Waals surface area contributed by atoms with Crippen LogP contribution in [0.2, 0.25) is 0 Å². The Balaban J connectivity index is 1.88. The third kappa shape index (κ3) is 3.36. The van der Waals surface area contributed by atoms with Gasteiger partial charge in [-0.3, -0.25) is 14.5 Å². The highest BCUT2D eigenvalue weighted by atomic mass is 79.9. The molecule has 6 nitrogen and oxygen atoms in total. The van der Waals surface area contributed by atoms with Gasteiger partial charge in [0.05, 0.1) is 18.4 Å². The summed E-state index contributed by atoms with van der Waals surface area (Å²) in [4.78, 5) is 27.3. The molecule has 104 valence electrons. The van der Waals surface area contributed by atoms with Crippen LogP contribution in [0.4, 0.5) is 0 Å².